The van der Waals surface area contributed by atoms with E-state index in [2.05, 4.69) is 16.0 Å². The Hall–Kier alpha value is -0.890. The van der Waals surface area contributed by atoms with E-state index in [0.717, 1.165) is 77.9 Å². The smallest absolute Gasteiger partial charge is 0.228 e. The predicted molar refractivity (Wildman–Crippen MR) is 114 cm³/mol. The van der Waals surface area contributed by atoms with Crippen molar-refractivity contribution in [3.8, 4) is 0 Å². The molecule has 7 nitrogen and oxygen atoms in total. The summed E-state index contributed by atoms with van der Waals surface area (Å²) in [6, 6.07) is 0. The lowest BCUT2D eigenvalue weighted by Gasteiger charge is -2.28. The number of ether oxygens (including phenoxy) is 2. The van der Waals surface area contributed by atoms with Gasteiger partial charge in [0.05, 0.1) is 5.41 Å². The quantitative estimate of drug-likeness (QED) is 0.516. The third-order valence-corrected chi connectivity index (χ3v) is 6.62. The highest BCUT2D eigenvalue weighted by atomic mass is 35.5. The summed E-state index contributed by atoms with van der Waals surface area (Å²) in [4.78, 5) is 25.4. The van der Waals surface area contributed by atoms with Crippen LogP contribution in [0.25, 0.3) is 0 Å². The van der Waals surface area contributed by atoms with Gasteiger partial charge in [0.1, 0.15) is 0 Å². The topological polar surface area (TPSA) is 88.7 Å². The first-order valence-electron chi connectivity index (χ1n) is 11.1. The maximum Gasteiger partial charge on any atom is 0.228 e. The van der Waals surface area contributed by atoms with Gasteiger partial charge in [0, 0.05) is 52.5 Å². The van der Waals surface area contributed by atoms with Crippen molar-refractivity contribution in [1.29, 1.82) is 0 Å². The molecule has 29 heavy (non-hydrogen) atoms. The molecule has 8 heteroatoms. The first-order chi connectivity index (χ1) is 13.7. The van der Waals surface area contributed by atoms with Gasteiger partial charge in [0.15, 0.2) is 0 Å². The van der Waals surface area contributed by atoms with Crippen molar-refractivity contribution in [2.45, 2.75) is 51.4 Å². The molecular weight excluding hydrogens is 394 g/mol. The zero-order valence-electron chi connectivity index (χ0n) is 17.5. The SMILES string of the molecule is Cl.O=C(CC1(C(=O)NCCC2CCOCC2)CCNC1)NCCC1CCOCC1. The number of hydrogen-bond donors (Lipinski definition) is 3. The van der Waals surface area contributed by atoms with Crippen molar-refractivity contribution in [2.75, 3.05) is 52.6 Å². The maximum atomic E-state index is 12.9. The van der Waals surface area contributed by atoms with Crippen LogP contribution in [0.1, 0.15) is 51.4 Å². The van der Waals surface area contributed by atoms with Gasteiger partial charge in [0.2, 0.25) is 11.8 Å². The second-order valence-electron chi connectivity index (χ2n) is 8.68. The van der Waals surface area contributed by atoms with Gasteiger partial charge in [-0.1, -0.05) is 0 Å². The molecule has 0 radical (unpaired) electrons. The molecule has 3 fully saturated rings. The molecule has 3 N–H and O–H groups in total. The number of amides is 2. The van der Waals surface area contributed by atoms with E-state index in [4.69, 9.17) is 9.47 Å². The summed E-state index contributed by atoms with van der Waals surface area (Å²) in [5.74, 6) is 1.31. The van der Waals surface area contributed by atoms with Crippen LogP contribution < -0.4 is 16.0 Å². The first kappa shape index (κ1) is 24.4. The van der Waals surface area contributed by atoms with Crippen LogP contribution in [0.3, 0.4) is 0 Å². The Morgan fingerprint density at radius 3 is 1.97 bits per heavy atom. The second-order valence-corrected chi connectivity index (χ2v) is 8.68. The highest BCUT2D eigenvalue weighted by Gasteiger charge is 2.42. The van der Waals surface area contributed by atoms with Crippen LogP contribution in [0.5, 0.6) is 0 Å². The third-order valence-electron chi connectivity index (χ3n) is 6.62. The lowest BCUT2D eigenvalue weighted by molar-refractivity contribution is -0.135. The summed E-state index contributed by atoms with van der Waals surface area (Å²) in [6.45, 7) is 6.10. The Labute approximate surface area is 180 Å². The zero-order chi connectivity index (χ0) is 19.7. The van der Waals surface area contributed by atoms with E-state index in [-0.39, 0.29) is 30.6 Å². The molecule has 3 aliphatic rings. The van der Waals surface area contributed by atoms with E-state index in [1.54, 1.807) is 0 Å². The van der Waals surface area contributed by atoms with E-state index < -0.39 is 5.41 Å². The van der Waals surface area contributed by atoms with Crippen molar-refractivity contribution >= 4 is 24.2 Å². The predicted octanol–water partition coefficient (Wildman–Crippen LogP) is 1.64. The van der Waals surface area contributed by atoms with Crippen LogP contribution in [0.15, 0.2) is 0 Å². The molecule has 2 amide bonds. The number of halogens is 1. The number of hydrogen-bond acceptors (Lipinski definition) is 5. The molecule has 1 unspecified atom stereocenters. The number of rotatable bonds is 9. The molecular formula is C21H38ClN3O4. The minimum Gasteiger partial charge on any atom is -0.381 e. The monoisotopic (exact) mass is 431 g/mol. The van der Waals surface area contributed by atoms with Crippen molar-refractivity contribution in [3.05, 3.63) is 0 Å². The Balaban J connectivity index is 0.00000300. The Bertz CT molecular complexity index is 502. The summed E-state index contributed by atoms with van der Waals surface area (Å²) in [5, 5.41) is 9.43. The van der Waals surface area contributed by atoms with Gasteiger partial charge in [-0.15, -0.1) is 12.4 Å². The fourth-order valence-electron chi connectivity index (χ4n) is 4.60. The molecule has 3 saturated heterocycles. The fourth-order valence-corrected chi connectivity index (χ4v) is 4.60. The van der Waals surface area contributed by atoms with Gasteiger partial charge in [-0.2, -0.15) is 0 Å². The van der Waals surface area contributed by atoms with Gasteiger partial charge in [-0.3, -0.25) is 9.59 Å². The average molecular weight is 432 g/mol. The van der Waals surface area contributed by atoms with Crippen LogP contribution in [-0.2, 0) is 19.1 Å². The average Bonchev–Trinajstić information content (AvgIpc) is 3.19. The number of nitrogens with one attached hydrogen (secondary N) is 3. The van der Waals surface area contributed by atoms with Crippen molar-refractivity contribution in [1.82, 2.24) is 16.0 Å². The molecule has 0 spiro atoms. The Morgan fingerprint density at radius 2 is 1.45 bits per heavy atom. The van der Waals surface area contributed by atoms with Crippen LogP contribution in [-0.4, -0.2) is 64.4 Å². The molecule has 0 aromatic heterocycles. The molecule has 0 aromatic carbocycles. The summed E-state index contributed by atoms with van der Waals surface area (Å²) < 4.78 is 10.8. The molecule has 0 bridgehead atoms. The van der Waals surface area contributed by atoms with Gasteiger partial charge >= 0.3 is 0 Å². The Kier molecular flexibility index (Phi) is 10.7. The van der Waals surface area contributed by atoms with Gasteiger partial charge < -0.3 is 25.4 Å². The highest BCUT2D eigenvalue weighted by Crippen LogP contribution is 2.30. The van der Waals surface area contributed by atoms with Crippen molar-refractivity contribution in [3.63, 3.8) is 0 Å². The molecule has 3 aliphatic heterocycles. The summed E-state index contributed by atoms with van der Waals surface area (Å²) >= 11 is 0. The molecule has 168 valence electrons. The number of carbonyl (C=O) groups is 2. The summed E-state index contributed by atoms with van der Waals surface area (Å²) in [7, 11) is 0. The molecule has 3 rings (SSSR count). The Morgan fingerprint density at radius 1 is 0.897 bits per heavy atom. The zero-order valence-corrected chi connectivity index (χ0v) is 18.3. The molecule has 0 saturated carbocycles. The van der Waals surface area contributed by atoms with E-state index in [0.29, 0.717) is 31.5 Å². The minimum atomic E-state index is -0.599. The first-order valence-corrected chi connectivity index (χ1v) is 11.1. The lowest BCUT2D eigenvalue weighted by Crippen LogP contribution is -2.46. The van der Waals surface area contributed by atoms with Gasteiger partial charge in [-0.25, -0.2) is 0 Å². The fraction of sp³-hybridized carbons (Fsp3) is 0.905. The third kappa shape index (κ3) is 7.70. The van der Waals surface area contributed by atoms with Crippen LogP contribution in [0, 0.1) is 17.3 Å². The van der Waals surface area contributed by atoms with E-state index in [1.165, 1.54) is 0 Å². The van der Waals surface area contributed by atoms with Crippen molar-refractivity contribution in [2.24, 2.45) is 17.3 Å². The van der Waals surface area contributed by atoms with Crippen LogP contribution in [0.2, 0.25) is 0 Å². The lowest BCUT2D eigenvalue weighted by atomic mass is 9.82. The van der Waals surface area contributed by atoms with E-state index >= 15 is 0 Å². The molecule has 0 aromatic rings. The summed E-state index contributed by atoms with van der Waals surface area (Å²) in [5.41, 5.74) is -0.599. The minimum absolute atomic E-state index is 0. The summed E-state index contributed by atoms with van der Waals surface area (Å²) in [6.07, 6.45) is 7.32. The van der Waals surface area contributed by atoms with Gasteiger partial charge in [-0.05, 0) is 63.3 Å². The van der Waals surface area contributed by atoms with Crippen molar-refractivity contribution < 1.29 is 19.1 Å². The van der Waals surface area contributed by atoms with Crippen LogP contribution >= 0.6 is 12.4 Å². The molecule has 3 heterocycles. The molecule has 1 atom stereocenters. The number of carbonyl (C=O) groups excluding carboxylic acids is 2. The standard InChI is InChI=1S/C21H37N3O4.ClH/c25-19(23-8-1-17-3-11-27-12-4-17)15-21(7-10-22-16-21)20(26)24-9-2-18-5-13-28-14-6-18;/h17-18,22H,1-16H2,(H,23,25)(H,24,26);1H. The van der Waals surface area contributed by atoms with Crippen LogP contribution in [0.4, 0.5) is 0 Å². The molecule has 0 aliphatic carbocycles. The highest BCUT2D eigenvalue weighted by molar-refractivity contribution is 5.89. The largest absolute Gasteiger partial charge is 0.381 e. The normalized spacial score (nSPS) is 25.9. The maximum absolute atomic E-state index is 12.9. The van der Waals surface area contributed by atoms with E-state index in [1.807, 2.05) is 0 Å². The van der Waals surface area contributed by atoms with E-state index in [9.17, 15) is 9.59 Å². The second kappa shape index (κ2) is 12.7. The van der Waals surface area contributed by atoms with Gasteiger partial charge in [0.25, 0.3) is 0 Å².